The average Bonchev–Trinajstić information content (AvgIpc) is 3.41. The first-order valence-electron chi connectivity index (χ1n) is 18.4. The highest BCUT2D eigenvalue weighted by Crippen LogP contribution is 2.50. The molecular weight excluding hydrogens is 579 g/mol. The molecule has 0 saturated carbocycles. The van der Waals surface area contributed by atoms with Gasteiger partial charge in [0.15, 0.2) is 0 Å². The van der Waals surface area contributed by atoms with Crippen molar-refractivity contribution < 1.29 is 5.48 Å². The first-order valence-corrected chi connectivity index (χ1v) is 16.4. The van der Waals surface area contributed by atoms with Crippen LogP contribution in [0, 0.1) is 0 Å². The lowest BCUT2D eigenvalue weighted by atomic mass is 9.82. The average molecular weight is 618 g/mol. The van der Waals surface area contributed by atoms with Gasteiger partial charge in [0.25, 0.3) is 0 Å². The van der Waals surface area contributed by atoms with Crippen molar-refractivity contribution in [2.75, 3.05) is 4.90 Å². The summed E-state index contributed by atoms with van der Waals surface area (Å²) < 4.78 is 37.2. The summed E-state index contributed by atoms with van der Waals surface area (Å²) in [4.78, 5) is 1.94. The monoisotopic (exact) mass is 617 g/mol. The summed E-state index contributed by atoms with van der Waals surface area (Å²) in [7, 11) is 0. The van der Waals surface area contributed by atoms with Gasteiger partial charge < -0.3 is 4.90 Å². The molecule has 0 aromatic heterocycles. The van der Waals surface area contributed by atoms with Gasteiger partial charge in [0, 0.05) is 22.5 Å². The first kappa shape index (κ1) is 24.3. The van der Waals surface area contributed by atoms with E-state index in [4.69, 9.17) is 2.74 Å². The van der Waals surface area contributed by atoms with Crippen molar-refractivity contribution in [3.05, 3.63) is 187 Å². The van der Waals surface area contributed by atoms with Crippen LogP contribution in [0.2, 0.25) is 0 Å². The fraction of sp³-hybridized carbons (Fsp3) is 0.0638. The molecule has 1 aliphatic rings. The Morgan fingerprint density at radius 2 is 1.12 bits per heavy atom. The van der Waals surface area contributed by atoms with E-state index in [0.717, 1.165) is 33.3 Å². The van der Waals surface area contributed by atoms with Crippen LogP contribution in [0.3, 0.4) is 0 Å². The summed E-state index contributed by atoms with van der Waals surface area (Å²) in [5.74, 6) is 0. The Bertz CT molecular complexity index is 2710. The van der Waals surface area contributed by atoms with E-state index in [1.165, 1.54) is 33.0 Å². The number of rotatable bonds is 5. The Hall–Kier alpha value is -5.92. The lowest BCUT2D eigenvalue weighted by Crippen LogP contribution is -2.16. The molecule has 1 nitrogen and oxygen atoms in total. The predicted molar refractivity (Wildman–Crippen MR) is 205 cm³/mol. The molecule has 1 heteroatoms. The van der Waals surface area contributed by atoms with Gasteiger partial charge in [-0.3, -0.25) is 0 Å². The van der Waals surface area contributed by atoms with Gasteiger partial charge in [0.05, 0.1) is 5.48 Å². The van der Waals surface area contributed by atoms with Gasteiger partial charge in [-0.25, -0.2) is 0 Å². The Balaban J connectivity index is 1.27. The van der Waals surface area contributed by atoms with Gasteiger partial charge in [0.1, 0.15) is 0 Å². The summed E-state index contributed by atoms with van der Waals surface area (Å²) in [5.41, 5.74) is 9.59. The maximum atomic E-state index is 9.74. The van der Waals surface area contributed by atoms with Crippen molar-refractivity contribution in [1.82, 2.24) is 0 Å². The van der Waals surface area contributed by atoms with Crippen molar-refractivity contribution in [1.29, 1.82) is 0 Å². The van der Waals surface area contributed by atoms with Gasteiger partial charge in [-0.2, -0.15) is 0 Å². The van der Waals surface area contributed by atoms with Crippen LogP contribution >= 0.6 is 0 Å². The molecule has 0 bridgehead atoms. The van der Waals surface area contributed by atoms with Crippen LogP contribution in [0.1, 0.15) is 30.5 Å². The normalized spacial score (nSPS) is 14.1. The van der Waals surface area contributed by atoms with E-state index in [9.17, 15) is 2.74 Å². The number of hydrogen-bond acceptors (Lipinski definition) is 1. The molecule has 8 aromatic rings. The quantitative estimate of drug-likeness (QED) is 0.186. The topological polar surface area (TPSA) is 3.24 Å². The van der Waals surface area contributed by atoms with E-state index >= 15 is 0 Å². The van der Waals surface area contributed by atoms with Crippen LogP contribution < -0.4 is 4.90 Å². The van der Waals surface area contributed by atoms with Gasteiger partial charge in [-0.1, -0.05) is 147 Å². The number of hydrogen-bond donors (Lipinski definition) is 0. The van der Waals surface area contributed by atoms with Crippen molar-refractivity contribution in [2.24, 2.45) is 0 Å². The summed E-state index contributed by atoms with van der Waals surface area (Å²) in [6.45, 7) is 4.48. The van der Waals surface area contributed by atoms with Gasteiger partial charge in [0.2, 0.25) is 0 Å². The second-order valence-electron chi connectivity index (χ2n) is 13.1. The predicted octanol–water partition coefficient (Wildman–Crippen LogP) is 13.1. The molecule has 228 valence electrons. The molecule has 9 rings (SSSR count). The SMILES string of the molecule is [2H]c1c([2H])c(-c2ccc3ccccc3c2)c([2H])c(N(c2ccc(-c3cccc4ccccc34)cc2)c2ccc3c(c2)C(C)(C)c2ccccc2-3)c1[2H]. The molecule has 0 N–H and O–H groups in total. The molecule has 8 aromatic carbocycles. The van der Waals surface area contributed by atoms with Crippen LogP contribution in [0.25, 0.3) is 54.9 Å². The molecule has 0 fully saturated rings. The largest absolute Gasteiger partial charge is 0.310 e. The van der Waals surface area contributed by atoms with Gasteiger partial charge >= 0.3 is 0 Å². The standard InChI is InChI=1S/C47H35N/c1-47(2)45-20-8-7-18-43(45)44-28-27-40(31-46(44)47)48(38-25-23-34(24-26-38)42-19-10-14-33-12-5-6-17-41(33)42)39-16-9-15-36(30-39)37-22-21-32-11-3-4-13-35(32)29-37/h3-31H,1-2H3/i9D,15D,16D,30D. The van der Waals surface area contributed by atoms with E-state index in [1.807, 2.05) is 59.5 Å². The lowest BCUT2D eigenvalue weighted by Gasteiger charge is -2.28. The molecule has 0 atom stereocenters. The summed E-state index contributed by atoms with van der Waals surface area (Å²) in [6.07, 6.45) is 0. The number of fused-ring (bicyclic) bond motifs is 5. The van der Waals surface area contributed by atoms with E-state index < -0.39 is 0 Å². The van der Waals surface area contributed by atoms with Crippen LogP contribution in [0.5, 0.6) is 0 Å². The number of nitrogens with zero attached hydrogens (tertiary/aromatic N) is 1. The highest BCUT2D eigenvalue weighted by atomic mass is 15.1. The zero-order valence-corrected chi connectivity index (χ0v) is 26.9. The van der Waals surface area contributed by atoms with Gasteiger partial charge in [-0.05, 0) is 108 Å². The van der Waals surface area contributed by atoms with Crippen LogP contribution in [0.4, 0.5) is 17.1 Å². The minimum Gasteiger partial charge on any atom is -0.310 e. The fourth-order valence-corrected chi connectivity index (χ4v) is 7.44. The lowest BCUT2D eigenvalue weighted by molar-refractivity contribution is 0.660. The zero-order chi connectivity index (χ0) is 35.7. The first-order chi connectivity index (χ1) is 25.2. The second kappa shape index (κ2) is 11.1. The minimum atomic E-state index is -0.263. The molecule has 0 unspecified atom stereocenters. The second-order valence-corrected chi connectivity index (χ2v) is 13.1. The molecule has 0 saturated heterocycles. The molecule has 0 heterocycles. The van der Waals surface area contributed by atoms with Crippen molar-refractivity contribution in [2.45, 2.75) is 19.3 Å². The minimum absolute atomic E-state index is 0.0439. The summed E-state index contributed by atoms with van der Waals surface area (Å²) in [6, 6.07) is 51.3. The van der Waals surface area contributed by atoms with Crippen molar-refractivity contribution in [3.63, 3.8) is 0 Å². The van der Waals surface area contributed by atoms with E-state index in [0.29, 0.717) is 11.1 Å². The summed E-state index contributed by atoms with van der Waals surface area (Å²) >= 11 is 0. The van der Waals surface area contributed by atoms with Crippen LogP contribution in [-0.4, -0.2) is 0 Å². The van der Waals surface area contributed by atoms with E-state index in [-0.39, 0.29) is 35.3 Å². The van der Waals surface area contributed by atoms with E-state index in [2.05, 4.69) is 111 Å². The van der Waals surface area contributed by atoms with Crippen molar-refractivity contribution >= 4 is 38.6 Å². The molecule has 0 aliphatic heterocycles. The third-order valence-corrected chi connectivity index (χ3v) is 9.92. The van der Waals surface area contributed by atoms with Crippen LogP contribution in [-0.2, 0) is 5.41 Å². The maximum Gasteiger partial charge on any atom is 0.0651 e. The molecule has 0 radical (unpaired) electrons. The highest BCUT2D eigenvalue weighted by molar-refractivity contribution is 5.97. The molecule has 1 aliphatic carbocycles. The Kier molecular flexibility index (Phi) is 5.62. The molecule has 0 spiro atoms. The Morgan fingerprint density at radius 3 is 2.00 bits per heavy atom. The van der Waals surface area contributed by atoms with E-state index in [1.54, 1.807) is 0 Å². The zero-order valence-electron chi connectivity index (χ0n) is 30.9. The van der Waals surface area contributed by atoms with Crippen molar-refractivity contribution in [3.8, 4) is 33.4 Å². The Morgan fingerprint density at radius 1 is 0.458 bits per heavy atom. The highest BCUT2D eigenvalue weighted by Gasteiger charge is 2.35. The number of anilines is 3. The molecule has 0 amide bonds. The van der Waals surface area contributed by atoms with Crippen LogP contribution in [0.15, 0.2) is 176 Å². The molecular formula is C47H35N. The summed E-state index contributed by atoms with van der Waals surface area (Å²) in [5, 5.41) is 4.39. The third-order valence-electron chi connectivity index (χ3n) is 9.92. The molecule has 48 heavy (non-hydrogen) atoms. The third kappa shape index (κ3) is 4.62. The maximum absolute atomic E-state index is 9.74. The smallest absolute Gasteiger partial charge is 0.0651 e. The van der Waals surface area contributed by atoms with Gasteiger partial charge in [-0.15, -0.1) is 0 Å². The number of benzene rings is 8. The Labute approximate surface area is 288 Å². The fourth-order valence-electron chi connectivity index (χ4n) is 7.44.